The van der Waals surface area contributed by atoms with Crippen LogP contribution in [0.3, 0.4) is 0 Å². The van der Waals surface area contributed by atoms with Gasteiger partial charge in [-0.3, -0.25) is 24.0 Å². The highest BCUT2D eigenvalue weighted by molar-refractivity contribution is 6.06. The smallest absolute Gasteiger partial charge is 0.261 e. The summed E-state index contributed by atoms with van der Waals surface area (Å²) in [7, 11) is 1.51. The molecule has 0 radical (unpaired) electrons. The van der Waals surface area contributed by atoms with Crippen LogP contribution in [0.4, 0.5) is 10.1 Å². The predicted octanol–water partition coefficient (Wildman–Crippen LogP) is 4.62. The van der Waals surface area contributed by atoms with Gasteiger partial charge in [0, 0.05) is 24.8 Å². The third-order valence-corrected chi connectivity index (χ3v) is 6.05. The number of fused-ring (bicyclic) bond motifs is 1. The first kappa shape index (κ1) is 26.9. The van der Waals surface area contributed by atoms with Crippen molar-refractivity contribution in [3.63, 3.8) is 0 Å². The van der Waals surface area contributed by atoms with E-state index < -0.39 is 17.2 Å². The lowest BCUT2D eigenvalue weighted by molar-refractivity contribution is -0.129. The number of halogens is 1. The van der Waals surface area contributed by atoms with Crippen molar-refractivity contribution in [3.8, 4) is 5.75 Å². The van der Waals surface area contributed by atoms with Crippen molar-refractivity contribution in [1.82, 2.24) is 10.0 Å². The fraction of sp³-hybridized carbons (Fsp3) is 0.370. The fourth-order valence-corrected chi connectivity index (χ4v) is 4.11. The number of ether oxygens (including phenoxy) is 1. The van der Waals surface area contributed by atoms with E-state index >= 15 is 0 Å². The molecule has 8 nitrogen and oxygen atoms in total. The van der Waals surface area contributed by atoms with Crippen LogP contribution in [0, 0.1) is 0 Å². The number of hydrogen-bond donors (Lipinski definition) is 3. The summed E-state index contributed by atoms with van der Waals surface area (Å²) in [6, 6.07) is 12.5. The summed E-state index contributed by atoms with van der Waals surface area (Å²) in [5, 5.41) is 11.9. The first-order valence-electron chi connectivity index (χ1n) is 12.1. The summed E-state index contributed by atoms with van der Waals surface area (Å²) in [6.45, 7) is 0.146. The SMILES string of the molecule is COc1ccc2c(c1)c(=O)c(C(=O)Nc1ccccc1CCCCF)cn2CCCCCC(=O)NO. The normalized spacial score (nSPS) is 10.9. The number of aromatic nitrogens is 1. The number of alkyl halides is 1. The highest BCUT2D eigenvalue weighted by atomic mass is 19.1. The first-order valence-corrected chi connectivity index (χ1v) is 12.1. The van der Waals surface area contributed by atoms with E-state index in [0.717, 1.165) is 12.0 Å². The summed E-state index contributed by atoms with van der Waals surface area (Å²) >= 11 is 0. The number of hydrogen-bond acceptors (Lipinski definition) is 5. The van der Waals surface area contributed by atoms with Gasteiger partial charge in [0.2, 0.25) is 11.3 Å². The monoisotopic (exact) mass is 497 g/mol. The number of aryl methyl sites for hydroxylation is 2. The van der Waals surface area contributed by atoms with E-state index in [9.17, 15) is 18.8 Å². The van der Waals surface area contributed by atoms with Crippen LogP contribution >= 0.6 is 0 Å². The van der Waals surface area contributed by atoms with Gasteiger partial charge in [-0.05, 0) is 61.9 Å². The molecule has 3 rings (SSSR count). The Balaban J connectivity index is 1.88. The van der Waals surface area contributed by atoms with Crippen LogP contribution in [0.1, 0.15) is 54.4 Å². The second-order valence-corrected chi connectivity index (χ2v) is 8.55. The lowest BCUT2D eigenvalue weighted by atomic mass is 10.1. The summed E-state index contributed by atoms with van der Waals surface area (Å²) in [5.74, 6) is -0.437. The molecule has 1 heterocycles. The van der Waals surface area contributed by atoms with Gasteiger partial charge >= 0.3 is 0 Å². The average molecular weight is 498 g/mol. The van der Waals surface area contributed by atoms with Gasteiger partial charge in [-0.15, -0.1) is 0 Å². The number of carbonyl (C=O) groups excluding carboxylic acids is 2. The van der Waals surface area contributed by atoms with Gasteiger partial charge in [0.05, 0.1) is 24.7 Å². The number of nitrogens with zero attached hydrogens (tertiary/aromatic N) is 1. The summed E-state index contributed by atoms with van der Waals surface area (Å²) in [5.41, 5.74) is 3.39. The Morgan fingerprint density at radius 3 is 2.61 bits per heavy atom. The van der Waals surface area contributed by atoms with E-state index in [2.05, 4.69) is 5.32 Å². The third kappa shape index (κ3) is 6.91. The molecule has 2 amide bonds. The Morgan fingerprint density at radius 2 is 1.86 bits per heavy atom. The maximum Gasteiger partial charge on any atom is 0.261 e. The summed E-state index contributed by atoms with van der Waals surface area (Å²) < 4.78 is 19.7. The molecule has 0 bridgehead atoms. The van der Waals surface area contributed by atoms with Crippen LogP contribution in [0.25, 0.3) is 10.9 Å². The van der Waals surface area contributed by atoms with Crippen LogP contribution in [-0.2, 0) is 17.8 Å². The van der Waals surface area contributed by atoms with Crippen molar-refractivity contribution in [1.29, 1.82) is 0 Å². The van der Waals surface area contributed by atoms with Crippen LogP contribution in [0.15, 0.2) is 53.5 Å². The molecule has 0 aliphatic rings. The molecule has 0 spiro atoms. The highest BCUT2D eigenvalue weighted by Crippen LogP contribution is 2.22. The number of nitrogens with one attached hydrogen (secondary N) is 2. The van der Waals surface area contributed by atoms with E-state index in [1.54, 1.807) is 42.0 Å². The highest BCUT2D eigenvalue weighted by Gasteiger charge is 2.17. The third-order valence-electron chi connectivity index (χ3n) is 6.05. The lowest BCUT2D eigenvalue weighted by Gasteiger charge is -2.15. The Morgan fingerprint density at radius 1 is 1.06 bits per heavy atom. The number of benzene rings is 2. The Labute approximate surface area is 209 Å². The minimum Gasteiger partial charge on any atom is -0.497 e. The molecule has 0 saturated heterocycles. The minimum absolute atomic E-state index is 0.00831. The molecule has 0 saturated carbocycles. The van der Waals surface area contributed by atoms with E-state index in [1.807, 2.05) is 16.7 Å². The molecule has 0 aliphatic carbocycles. The second kappa shape index (κ2) is 13.4. The van der Waals surface area contributed by atoms with Crippen molar-refractivity contribution >= 4 is 28.4 Å². The number of unbranched alkanes of at least 4 members (excludes halogenated alkanes) is 3. The van der Waals surface area contributed by atoms with Gasteiger partial charge in [-0.25, -0.2) is 5.48 Å². The molecule has 0 fully saturated rings. The number of hydroxylamine groups is 1. The predicted molar refractivity (Wildman–Crippen MR) is 136 cm³/mol. The van der Waals surface area contributed by atoms with Crippen LogP contribution in [0.5, 0.6) is 5.75 Å². The van der Waals surface area contributed by atoms with Gasteiger partial charge in [0.15, 0.2) is 0 Å². The van der Waals surface area contributed by atoms with E-state index in [-0.39, 0.29) is 18.7 Å². The number of carbonyl (C=O) groups is 2. The van der Waals surface area contributed by atoms with Crippen molar-refractivity contribution in [2.45, 2.75) is 51.5 Å². The standard InChI is InChI=1S/C27H32FN3O5/c1-36-20-13-14-24-21(17-20)26(33)22(18-31(24)16-8-2-3-12-25(32)30-35)27(34)29-23-11-5-4-9-19(23)10-6-7-15-28/h4-5,9,11,13-14,17-18,35H,2-3,6-8,10,12,15-16H2,1H3,(H,29,34)(H,30,32). The van der Waals surface area contributed by atoms with Crippen molar-refractivity contribution in [3.05, 3.63) is 70.0 Å². The van der Waals surface area contributed by atoms with Gasteiger partial charge in [-0.1, -0.05) is 24.6 Å². The Kier molecular flexibility index (Phi) is 10.00. The topological polar surface area (TPSA) is 110 Å². The maximum atomic E-state index is 13.3. The van der Waals surface area contributed by atoms with Crippen LogP contribution < -0.4 is 21.0 Å². The second-order valence-electron chi connectivity index (χ2n) is 8.55. The fourth-order valence-electron chi connectivity index (χ4n) is 4.11. The number of amides is 2. The lowest BCUT2D eigenvalue weighted by Crippen LogP contribution is -2.24. The number of methoxy groups -OCH3 is 1. The molecular weight excluding hydrogens is 465 g/mol. The molecular formula is C27H32FN3O5. The van der Waals surface area contributed by atoms with Crippen LogP contribution in [0.2, 0.25) is 0 Å². The zero-order chi connectivity index (χ0) is 25.9. The molecule has 2 aromatic carbocycles. The average Bonchev–Trinajstić information content (AvgIpc) is 2.90. The number of anilines is 1. The summed E-state index contributed by atoms with van der Waals surface area (Å²) in [6.07, 6.45) is 5.55. The molecule has 0 aliphatic heterocycles. The van der Waals surface area contributed by atoms with Gasteiger partial charge < -0.3 is 14.6 Å². The van der Waals surface area contributed by atoms with Gasteiger partial charge in [0.25, 0.3) is 5.91 Å². The maximum absolute atomic E-state index is 13.3. The van der Waals surface area contributed by atoms with Crippen molar-refractivity contribution < 1.29 is 23.9 Å². The number of pyridine rings is 1. The Bertz CT molecular complexity index is 1260. The molecule has 3 aromatic rings. The molecule has 0 unspecified atom stereocenters. The van der Waals surface area contributed by atoms with E-state index in [4.69, 9.17) is 9.94 Å². The first-order chi connectivity index (χ1) is 17.5. The zero-order valence-electron chi connectivity index (χ0n) is 20.4. The van der Waals surface area contributed by atoms with Crippen molar-refractivity contribution in [2.75, 3.05) is 19.1 Å². The van der Waals surface area contributed by atoms with Gasteiger partial charge in [-0.2, -0.15) is 0 Å². The zero-order valence-corrected chi connectivity index (χ0v) is 20.4. The van der Waals surface area contributed by atoms with Crippen LogP contribution in [-0.4, -0.2) is 35.4 Å². The van der Waals surface area contributed by atoms with Gasteiger partial charge in [0.1, 0.15) is 11.3 Å². The molecule has 9 heteroatoms. The number of para-hydroxylation sites is 1. The molecule has 3 N–H and O–H groups in total. The largest absolute Gasteiger partial charge is 0.497 e. The molecule has 1 aromatic heterocycles. The molecule has 192 valence electrons. The number of rotatable bonds is 13. The quantitative estimate of drug-likeness (QED) is 0.181. The van der Waals surface area contributed by atoms with E-state index in [0.29, 0.717) is 61.0 Å². The molecule has 36 heavy (non-hydrogen) atoms. The molecule has 0 atom stereocenters. The van der Waals surface area contributed by atoms with E-state index in [1.165, 1.54) is 7.11 Å². The van der Waals surface area contributed by atoms with Crippen molar-refractivity contribution in [2.24, 2.45) is 0 Å². The minimum atomic E-state index is -0.518. The Hall–Kier alpha value is -3.72. The summed E-state index contributed by atoms with van der Waals surface area (Å²) in [4.78, 5) is 37.8.